The van der Waals surface area contributed by atoms with E-state index in [1.54, 1.807) is 0 Å². The molecule has 0 unspecified atom stereocenters. The molecule has 28 aromatic rings. The number of rotatable bonds is 6. The second-order valence-corrected chi connectivity index (χ2v) is 42.9. The molecule has 0 radical (unpaired) electrons. The molecule has 0 bridgehead atoms. The zero-order valence-corrected chi connectivity index (χ0v) is 82.7. The summed E-state index contributed by atoms with van der Waals surface area (Å²) < 4.78 is 21.2. The summed E-state index contributed by atoms with van der Waals surface area (Å²) in [6, 6.07) is 166. The lowest BCUT2D eigenvalue weighted by Gasteiger charge is -2.25. The summed E-state index contributed by atoms with van der Waals surface area (Å²) in [6.07, 6.45) is 0. The highest BCUT2D eigenvalue weighted by atomic mass is 32.1. The lowest BCUT2D eigenvalue weighted by molar-refractivity contribution is 0.656. The number of hydrogen-bond donors (Lipinski definition) is 0. The smallest absolute Gasteiger partial charge is 0.143 e. The molecule has 688 valence electrons. The third-order valence-electron chi connectivity index (χ3n) is 32.9. The Balaban J connectivity index is 0.0000000921. The molecule has 6 nitrogen and oxygen atoms in total. The van der Waals surface area contributed by atoms with E-state index in [0.29, 0.717) is 0 Å². The molecule has 21 aromatic carbocycles. The van der Waals surface area contributed by atoms with Crippen molar-refractivity contribution in [2.75, 3.05) is 0 Å². The quantitative estimate of drug-likeness (QED) is 0.163. The first-order valence-electron chi connectivity index (χ1n) is 50.8. The Morgan fingerprint density at radius 1 is 0.193 bits per heavy atom. The number of aromatic nitrogens is 5. The van der Waals surface area contributed by atoms with E-state index in [-0.39, 0.29) is 21.7 Å². The maximum Gasteiger partial charge on any atom is 0.143 e. The first-order valence-corrected chi connectivity index (χ1v) is 51.6. The van der Waals surface area contributed by atoms with Crippen LogP contribution in [0.5, 0.6) is 0 Å². The van der Waals surface area contributed by atoms with E-state index in [9.17, 15) is 0 Å². The van der Waals surface area contributed by atoms with E-state index >= 15 is 0 Å². The molecule has 0 fully saturated rings. The molecule has 0 saturated carbocycles. The molecule has 0 atom stereocenters. The highest BCUT2D eigenvalue weighted by Crippen LogP contribution is 2.60. The highest BCUT2D eigenvalue weighted by Gasteiger charge is 2.43. The van der Waals surface area contributed by atoms with Crippen molar-refractivity contribution in [2.45, 2.75) is 77.0 Å². The van der Waals surface area contributed by atoms with E-state index in [1.165, 1.54) is 241 Å². The van der Waals surface area contributed by atoms with Gasteiger partial charge in [-0.3, -0.25) is 0 Å². The fourth-order valence-corrected chi connectivity index (χ4v) is 27.7. The summed E-state index contributed by atoms with van der Waals surface area (Å²) in [5.74, 6) is 0. The van der Waals surface area contributed by atoms with Crippen molar-refractivity contribution in [3.63, 3.8) is 0 Å². The van der Waals surface area contributed by atoms with Gasteiger partial charge < -0.3 is 27.3 Å². The molecule has 0 amide bonds. The minimum absolute atomic E-state index is 0.00515. The molecule has 7 heterocycles. The summed E-state index contributed by atoms with van der Waals surface area (Å²) in [5.41, 5.74) is 45.0. The van der Waals surface area contributed by atoms with Crippen molar-refractivity contribution in [3.8, 4) is 84.1 Å². The van der Waals surface area contributed by atoms with E-state index in [2.05, 4.69) is 521 Å². The van der Waals surface area contributed by atoms with Crippen LogP contribution in [0.4, 0.5) is 0 Å². The molecule has 145 heavy (non-hydrogen) atoms. The van der Waals surface area contributed by atoms with Gasteiger partial charge in [-0.25, -0.2) is 0 Å². The molecule has 7 aromatic heterocycles. The fraction of sp³-hybridized carbons (Fsp3) is 0.0870. The first-order chi connectivity index (χ1) is 71.1. The predicted molar refractivity (Wildman–Crippen MR) is 613 cm³/mol. The number of nitrogens with zero attached hydrogens (tertiary/aromatic N) is 5. The maximum atomic E-state index is 6.34. The fourth-order valence-electron chi connectivity index (χ4n) is 26.5. The molecule has 4 aliphatic carbocycles. The molecular formula is C138H99N5OS. The van der Waals surface area contributed by atoms with Crippen LogP contribution in [0.15, 0.2) is 459 Å². The molecule has 0 aliphatic heterocycles. The second-order valence-electron chi connectivity index (χ2n) is 41.9. The highest BCUT2D eigenvalue weighted by molar-refractivity contribution is 7.26. The first kappa shape index (κ1) is 84.5. The average molecular weight is 1880 g/mol. The Kier molecular flexibility index (Phi) is 18.4. The van der Waals surface area contributed by atoms with Crippen LogP contribution < -0.4 is 0 Å². The van der Waals surface area contributed by atoms with Crippen molar-refractivity contribution in [1.29, 1.82) is 0 Å². The number of benzene rings is 21. The number of thiophene rings is 1. The third-order valence-corrected chi connectivity index (χ3v) is 34.1. The van der Waals surface area contributed by atoms with Crippen LogP contribution in [-0.2, 0) is 21.7 Å². The predicted octanol–water partition coefficient (Wildman–Crippen LogP) is 37.4. The molecule has 7 heteroatoms. The number of fused-ring (bicyclic) bond motifs is 37. The van der Waals surface area contributed by atoms with Crippen LogP contribution in [0, 0.1) is 0 Å². The topological polar surface area (TPSA) is 37.8 Å². The third kappa shape index (κ3) is 12.1. The Morgan fingerprint density at radius 3 is 0.993 bits per heavy atom. The van der Waals surface area contributed by atoms with Gasteiger partial charge in [0, 0.05) is 124 Å². The van der Waals surface area contributed by atoms with Gasteiger partial charge in [0.2, 0.25) is 0 Å². The summed E-state index contributed by atoms with van der Waals surface area (Å²) in [6.45, 7) is 18.9. The Labute approximate surface area is 844 Å². The van der Waals surface area contributed by atoms with Gasteiger partial charge >= 0.3 is 0 Å². The number of furan rings is 1. The summed E-state index contributed by atoms with van der Waals surface area (Å²) in [5, 5.41) is 18.2. The Bertz CT molecular complexity index is 10200. The molecule has 4 aliphatic rings. The molecule has 0 saturated heterocycles. The van der Waals surface area contributed by atoms with E-state index in [0.717, 1.165) is 38.8 Å². The van der Waals surface area contributed by atoms with Gasteiger partial charge in [0.1, 0.15) is 11.2 Å². The molecule has 32 rings (SSSR count). The van der Waals surface area contributed by atoms with Crippen LogP contribution in [-0.4, -0.2) is 22.8 Å². The van der Waals surface area contributed by atoms with Gasteiger partial charge in [0.15, 0.2) is 0 Å². The van der Waals surface area contributed by atoms with E-state index in [4.69, 9.17) is 4.42 Å². The average Bonchev–Trinajstić information content (AvgIpc) is 1.54. The lowest BCUT2D eigenvalue weighted by Crippen LogP contribution is -2.18. The maximum absolute atomic E-state index is 6.34. The van der Waals surface area contributed by atoms with Crippen LogP contribution >= 0.6 is 11.3 Å². The largest absolute Gasteiger partial charge is 0.455 e. The second kappa shape index (κ2) is 31.6. The van der Waals surface area contributed by atoms with Crippen molar-refractivity contribution in [2.24, 2.45) is 0 Å². The van der Waals surface area contributed by atoms with Gasteiger partial charge in [0.25, 0.3) is 0 Å². The van der Waals surface area contributed by atoms with Gasteiger partial charge in [0.05, 0.1) is 71.2 Å². The van der Waals surface area contributed by atoms with E-state index < -0.39 is 0 Å². The van der Waals surface area contributed by atoms with Gasteiger partial charge in [-0.05, 0) is 216 Å². The van der Waals surface area contributed by atoms with Crippen molar-refractivity contribution >= 4 is 162 Å². The number of para-hydroxylation sites is 9. The SMILES string of the molecule is CC1(C)c2ccccc2-c2c1ccc1c2c2ccccc2n1-c1ccc(-c2cccc3c2oc2ccccc23)cc1.CC1(C)c2ccccc2-c2c1ccc1c2c2ccccc2n1-c1cccc2c1C(C)(C)c1ccccc1-2.CC1(C)c2ccccc2-c2c1ccc1c2c2ccccc2n1-c1cccc2c1sc1ccccc12.c1ccc(-n2c3ccccc3c3c4c5ccccc5n(-c5ccccc5)c4ccc32)cc1. The lowest BCUT2D eigenvalue weighted by atomic mass is 9.81. The molecule has 0 spiro atoms. The van der Waals surface area contributed by atoms with Crippen molar-refractivity contribution in [1.82, 2.24) is 22.8 Å². The van der Waals surface area contributed by atoms with E-state index in [1.807, 2.05) is 23.5 Å². The monoisotopic (exact) mass is 1870 g/mol. The van der Waals surface area contributed by atoms with Crippen molar-refractivity contribution in [3.05, 3.63) is 499 Å². The normalized spacial score (nSPS) is 14.0. The minimum Gasteiger partial charge on any atom is -0.455 e. The van der Waals surface area contributed by atoms with Gasteiger partial charge in [-0.2, -0.15) is 0 Å². The van der Waals surface area contributed by atoms with Crippen molar-refractivity contribution < 1.29 is 4.42 Å². The Hall–Kier alpha value is -17.4. The summed E-state index contributed by atoms with van der Waals surface area (Å²) in [7, 11) is 0. The molecular weight excluding hydrogens is 1780 g/mol. The summed E-state index contributed by atoms with van der Waals surface area (Å²) >= 11 is 1.90. The zero-order valence-electron chi connectivity index (χ0n) is 81.9. The van der Waals surface area contributed by atoms with Crippen LogP contribution in [0.25, 0.3) is 235 Å². The molecule has 0 N–H and O–H groups in total. The van der Waals surface area contributed by atoms with Crippen LogP contribution in [0.2, 0.25) is 0 Å². The van der Waals surface area contributed by atoms with Crippen LogP contribution in [0.3, 0.4) is 0 Å². The van der Waals surface area contributed by atoms with Gasteiger partial charge in [-0.15, -0.1) is 11.3 Å². The van der Waals surface area contributed by atoms with Crippen LogP contribution in [0.1, 0.15) is 99.9 Å². The minimum atomic E-state index is -0.0778. The van der Waals surface area contributed by atoms with Gasteiger partial charge in [-0.1, -0.05) is 389 Å². The standard InChI is InChI=1S/C39H27NO.C36H29N.C33H23NS.C30H20N2/c1-39(2)31-15-6-3-11-29(31)36-32(39)22-23-34-37(36)30-12-4-7-16-33(30)40(34)25-20-18-24(19-21-25)26-13-9-14-28-27-10-5-8-17-35(27)41-38(26)28;1-35(2)27-17-9-6-13-24(27)32-28(35)20-21-30-33(32)25-14-7-10-18-29(25)37(30)31-19-11-15-23-22-12-5-8-16-26(22)36(3,4)34(23)31;1-33(2)24-14-6-3-11-22(24)30-25(33)18-19-27-31(30)23-12-4-7-15-26(23)34(27)28-16-9-13-21-20-10-5-8-17-29(20)35-32(21)28;1-3-11-21(12-4-1)31-25-17-9-7-15-23(25)29-27(31)19-20-28-30(29)24-16-8-10-18-26(24)32(28)22-13-5-2-6-14-22/h3-23H,1-2H3;5-21H,1-4H3;3-19H,1-2H3;1-20H. The zero-order chi connectivity index (χ0) is 96.8. The summed E-state index contributed by atoms with van der Waals surface area (Å²) in [4.78, 5) is 0. The number of hydrogen-bond acceptors (Lipinski definition) is 2. The Morgan fingerprint density at radius 2 is 0.510 bits per heavy atom.